The van der Waals surface area contributed by atoms with Crippen molar-refractivity contribution >= 4 is 35.3 Å². The van der Waals surface area contributed by atoms with E-state index in [2.05, 4.69) is 30.7 Å². The fourth-order valence-corrected chi connectivity index (χ4v) is 3.32. The summed E-state index contributed by atoms with van der Waals surface area (Å²) in [6, 6.07) is 14.3. The van der Waals surface area contributed by atoms with Gasteiger partial charge in [-0.05, 0) is 66.2 Å². The molecule has 9 heteroatoms. The van der Waals surface area contributed by atoms with Gasteiger partial charge in [0.2, 0.25) is 0 Å². The minimum atomic E-state index is -0.531. The van der Waals surface area contributed by atoms with E-state index in [4.69, 9.17) is 0 Å². The number of amides is 3. The summed E-state index contributed by atoms with van der Waals surface area (Å²) in [6.45, 7) is 2.28. The van der Waals surface area contributed by atoms with Gasteiger partial charge in [0.15, 0.2) is 5.16 Å². The molecule has 3 N–H and O–H groups in total. The molecule has 0 unspecified atom stereocenters. The molecule has 0 saturated carbocycles. The second kappa shape index (κ2) is 10.3. The quantitative estimate of drug-likeness (QED) is 0.506. The Labute approximate surface area is 178 Å². The summed E-state index contributed by atoms with van der Waals surface area (Å²) in [4.78, 5) is 32.8. The van der Waals surface area contributed by atoms with Crippen LogP contribution >= 0.6 is 11.8 Å². The lowest BCUT2D eigenvalue weighted by atomic mass is 10.2. The van der Waals surface area contributed by atoms with Crippen LogP contribution in [0.25, 0.3) is 0 Å². The van der Waals surface area contributed by atoms with Crippen molar-refractivity contribution in [1.29, 1.82) is 0 Å². The average molecular weight is 423 g/mol. The summed E-state index contributed by atoms with van der Waals surface area (Å²) in [7, 11) is 1.30. The third kappa shape index (κ3) is 6.21. The van der Waals surface area contributed by atoms with Crippen molar-refractivity contribution in [3.63, 3.8) is 0 Å². The van der Waals surface area contributed by atoms with Crippen molar-refractivity contribution in [2.24, 2.45) is 0 Å². The van der Waals surface area contributed by atoms with Crippen LogP contribution in [0.3, 0.4) is 0 Å². The summed E-state index contributed by atoms with van der Waals surface area (Å²) in [5.74, 6) is 0. The molecule has 3 amide bonds. The Balaban J connectivity index is 1.51. The molecule has 0 spiro atoms. The molecule has 1 aromatic heterocycles. The van der Waals surface area contributed by atoms with Crippen LogP contribution in [0, 0.1) is 6.92 Å². The Kier molecular flexibility index (Phi) is 7.23. The first-order valence-electron chi connectivity index (χ1n) is 9.08. The first-order chi connectivity index (χ1) is 14.5. The smallest absolute Gasteiger partial charge is 0.411 e. The highest BCUT2D eigenvalue weighted by Crippen LogP contribution is 2.27. The number of rotatable bonds is 6. The molecule has 0 aliphatic rings. The van der Waals surface area contributed by atoms with E-state index in [1.165, 1.54) is 18.9 Å². The molecule has 8 nitrogen and oxygen atoms in total. The molecule has 2 aromatic carbocycles. The Morgan fingerprint density at radius 2 is 1.77 bits per heavy atom. The summed E-state index contributed by atoms with van der Waals surface area (Å²) in [6.07, 6.45) is 2.87. The zero-order valence-corrected chi connectivity index (χ0v) is 17.3. The van der Waals surface area contributed by atoms with Gasteiger partial charge in [0.1, 0.15) is 0 Å². The number of carbonyl (C=O) groups excluding carboxylic acids is 2. The van der Waals surface area contributed by atoms with Gasteiger partial charge in [-0.25, -0.2) is 19.6 Å². The van der Waals surface area contributed by atoms with Crippen molar-refractivity contribution in [3.05, 3.63) is 72.1 Å². The Morgan fingerprint density at radius 1 is 1.03 bits per heavy atom. The van der Waals surface area contributed by atoms with E-state index >= 15 is 0 Å². The maximum atomic E-state index is 12.2. The summed E-state index contributed by atoms with van der Waals surface area (Å²) < 4.78 is 4.54. The van der Waals surface area contributed by atoms with Crippen LogP contribution in [0.5, 0.6) is 0 Å². The van der Waals surface area contributed by atoms with Crippen LogP contribution in [-0.2, 0) is 11.3 Å². The van der Waals surface area contributed by atoms with Crippen molar-refractivity contribution < 1.29 is 14.3 Å². The molecular formula is C21H21N5O3S. The maximum absolute atomic E-state index is 12.2. The second-order valence-electron chi connectivity index (χ2n) is 6.23. The Bertz CT molecular complexity index is 1010. The Hall–Kier alpha value is -3.59. The molecular weight excluding hydrogens is 402 g/mol. The molecule has 0 atom stereocenters. The van der Waals surface area contributed by atoms with Gasteiger partial charge in [0.25, 0.3) is 0 Å². The van der Waals surface area contributed by atoms with Gasteiger partial charge in [-0.2, -0.15) is 0 Å². The van der Waals surface area contributed by atoms with Crippen LogP contribution in [0.2, 0.25) is 0 Å². The molecule has 0 aliphatic carbocycles. The standard InChI is InChI=1S/C21H21N5O3S/c1-14-12-17(30-20-22-10-3-11-23-20)8-9-18(14)26-19(27)24-13-15-4-6-16(7-5-15)25-21(28)29-2/h3-12H,13H2,1-2H3,(H,25,28)(H2,24,26,27). The molecule has 0 bridgehead atoms. The Morgan fingerprint density at radius 3 is 2.43 bits per heavy atom. The third-order valence-corrected chi connectivity index (χ3v) is 4.92. The predicted molar refractivity (Wildman–Crippen MR) is 116 cm³/mol. The van der Waals surface area contributed by atoms with E-state index in [9.17, 15) is 9.59 Å². The fourth-order valence-electron chi connectivity index (χ4n) is 2.51. The second-order valence-corrected chi connectivity index (χ2v) is 7.27. The summed E-state index contributed by atoms with van der Waals surface area (Å²) in [5.41, 5.74) is 3.17. The van der Waals surface area contributed by atoms with E-state index in [1.54, 1.807) is 30.6 Å². The normalized spacial score (nSPS) is 10.2. The number of hydrogen-bond donors (Lipinski definition) is 3. The maximum Gasteiger partial charge on any atom is 0.411 e. The zero-order chi connectivity index (χ0) is 21.3. The molecule has 0 saturated heterocycles. The highest BCUT2D eigenvalue weighted by molar-refractivity contribution is 7.99. The van der Waals surface area contributed by atoms with E-state index in [-0.39, 0.29) is 6.03 Å². The van der Waals surface area contributed by atoms with E-state index in [0.29, 0.717) is 17.4 Å². The topological polar surface area (TPSA) is 105 Å². The number of urea groups is 1. The number of methoxy groups -OCH3 is 1. The summed E-state index contributed by atoms with van der Waals surface area (Å²) >= 11 is 1.46. The zero-order valence-electron chi connectivity index (χ0n) is 16.5. The number of ether oxygens (including phenoxy) is 1. The highest BCUT2D eigenvalue weighted by Gasteiger charge is 2.07. The first-order valence-corrected chi connectivity index (χ1v) is 9.89. The number of nitrogens with zero attached hydrogens (tertiary/aromatic N) is 2. The number of aromatic nitrogens is 2. The lowest BCUT2D eigenvalue weighted by Crippen LogP contribution is -2.28. The lowest BCUT2D eigenvalue weighted by molar-refractivity contribution is 0.187. The molecule has 0 fully saturated rings. The molecule has 3 rings (SSSR count). The van der Waals surface area contributed by atoms with Gasteiger partial charge < -0.3 is 15.4 Å². The molecule has 154 valence electrons. The van der Waals surface area contributed by atoms with Gasteiger partial charge in [-0.1, -0.05) is 12.1 Å². The monoisotopic (exact) mass is 423 g/mol. The summed E-state index contributed by atoms with van der Waals surface area (Å²) in [5, 5.41) is 8.91. The minimum absolute atomic E-state index is 0.304. The van der Waals surface area contributed by atoms with Gasteiger partial charge in [-0.3, -0.25) is 5.32 Å². The number of carbonyl (C=O) groups is 2. The van der Waals surface area contributed by atoms with E-state index in [0.717, 1.165) is 21.7 Å². The lowest BCUT2D eigenvalue weighted by Gasteiger charge is -2.11. The van der Waals surface area contributed by atoms with Crippen LogP contribution in [0.4, 0.5) is 21.0 Å². The van der Waals surface area contributed by atoms with Crippen LogP contribution < -0.4 is 16.0 Å². The third-order valence-electron chi connectivity index (χ3n) is 4.04. The number of hydrogen-bond acceptors (Lipinski definition) is 6. The number of aryl methyl sites for hydroxylation is 1. The van der Waals surface area contributed by atoms with Crippen molar-refractivity contribution in [2.75, 3.05) is 17.7 Å². The number of nitrogens with one attached hydrogen (secondary N) is 3. The fraction of sp³-hybridized carbons (Fsp3) is 0.143. The highest BCUT2D eigenvalue weighted by atomic mass is 32.2. The van der Waals surface area contributed by atoms with Crippen LogP contribution in [-0.4, -0.2) is 29.2 Å². The number of benzene rings is 2. The predicted octanol–water partition coefficient (Wildman–Crippen LogP) is 4.44. The largest absolute Gasteiger partial charge is 0.453 e. The van der Waals surface area contributed by atoms with Gasteiger partial charge in [0, 0.05) is 35.2 Å². The first kappa shape index (κ1) is 21.1. The van der Waals surface area contributed by atoms with Crippen molar-refractivity contribution in [1.82, 2.24) is 15.3 Å². The number of anilines is 2. The van der Waals surface area contributed by atoms with E-state index < -0.39 is 6.09 Å². The van der Waals surface area contributed by atoms with Crippen LogP contribution in [0.1, 0.15) is 11.1 Å². The molecule has 0 radical (unpaired) electrons. The average Bonchev–Trinajstić information content (AvgIpc) is 2.76. The van der Waals surface area contributed by atoms with Gasteiger partial charge in [0.05, 0.1) is 7.11 Å². The van der Waals surface area contributed by atoms with Crippen LogP contribution in [0.15, 0.2) is 71.0 Å². The van der Waals surface area contributed by atoms with Crippen molar-refractivity contribution in [3.8, 4) is 0 Å². The molecule has 3 aromatic rings. The van der Waals surface area contributed by atoms with Gasteiger partial charge in [-0.15, -0.1) is 0 Å². The molecule has 30 heavy (non-hydrogen) atoms. The SMILES string of the molecule is COC(=O)Nc1ccc(CNC(=O)Nc2ccc(Sc3ncccn3)cc2C)cc1. The van der Waals surface area contributed by atoms with Crippen molar-refractivity contribution in [2.45, 2.75) is 23.5 Å². The minimum Gasteiger partial charge on any atom is -0.453 e. The van der Waals surface area contributed by atoms with E-state index in [1.807, 2.05) is 37.3 Å². The molecule has 0 aliphatic heterocycles. The molecule has 1 heterocycles. The van der Waals surface area contributed by atoms with Gasteiger partial charge >= 0.3 is 12.1 Å².